The average molecular weight is 495 g/mol. The SMILES string of the molecule is CCOC(=O)C(C)(C)Oc1ccc(CNCC(N=CN)=NC)cc1.Cc1ccc(C(F)(F)F)cc1. The Morgan fingerprint density at radius 2 is 1.69 bits per heavy atom. The average Bonchev–Trinajstić information content (AvgIpc) is 2.79. The number of carbonyl (C=O) groups is 1. The number of esters is 1. The van der Waals surface area contributed by atoms with Gasteiger partial charge in [-0.2, -0.15) is 13.2 Å². The summed E-state index contributed by atoms with van der Waals surface area (Å²) in [6.45, 7) is 8.39. The summed E-state index contributed by atoms with van der Waals surface area (Å²) in [6.07, 6.45) is -2.99. The Bertz CT molecular complexity index is 971. The van der Waals surface area contributed by atoms with Crippen LogP contribution in [0.4, 0.5) is 13.2 Å². The van der Waals surface area contributed by atoms with Crippen molar-refractivity contribution in [2.24, 2.45) is 15.7 Å². The highest BCUT2D eigenvalue weighted by Gasteiger charge is 2.31. The third-order valence-electron chi connectivity index (χ3n) is 4.54. The molecule has 0 bridgehead atoms. The highest BCUT2D eigenvalue weighted by molar-refractivity contribution is 5.90. The summed E-state index contributed by atoms with van der Waals surface area (Å²) in [5, 5.41) is 3.23. The van der Waals surface area contributed by atoms with Crippen LogP contribution < -0.4 is 15.8 Å². The van der Waals surface area contributed by atoms with E-state index in [1.54, 1.807) is 34.7 Å². The Balaban J connectivity index is 0.000000462. The van der Waals surface area contributed by atoms with Crippen molar-refractivity contribution in [1.82, 2.24) is 5.32 Å². The van der Waals surface area contributed by atoms with Gasteiger partial charge in [0, 0.05) is 13.6 Å². The van der Waals surface area contributed by atoms with Crippen LogP contribution in [0.3, 0.4) is 0 Å². The number of rotatable bonds is 8. The van der Waals surface area contributed by atoms with E-state index in [2.05, 4.69) is 15.3 Å². The predicted octanol–water partition coefficient (Wildman–Crippen LogP) is 4.53. The molecule has 0 saturated carbocycles. The van der Waals surface area contributed by atoms with Crippen LogP contribution >= 0.6 is 0 Å². The van der Waals surface area contributed by atoms with Gasteiger partial charge in [0.1, 0.15) is 11.6 Å². The number of nitrogens with zero attached hydrogens (tertiary/aromatic N) is 2. The van der Waals surface area contributed by atoms with Crippen LogP contribution in [0, 0.1) is 6.92 Å². The smallest absolute Gasteiger partial charge is 0.416 e. The van der Waals surface area contributed by atoms with Gasteiger partial charge in [0.2, 0.25) is 0 Å². The molecule has 0 atom stereocenters. The molecule has 3 N–H and O–H groups in total. The van der Waals surface area contributed by atoms with Crippen molar-refractivity contribution in [2.45, 2.75) is 46.0 Å². The van der Waals surface area contributed by atoms with E-state index in [4.69, 9.17) is 15.2 Å². The third-order valence-corrected chi connectivity index (χ3v) is 4.54. The lowest BCUT2D eigenvalue weighted by Crippen LogP contribution is -2.39. The largest absolute Gasteiger partial charge is 0.476 e. The van der Waals surface area contributed by atoms with Gasteiger partial charge in [0.05, 0.1) is 25.1 Å². The number of amidine groups is 1. The van der Waals surface area contributed by atoms with E-state index in [0.717, 1.165) is 23.3 Å². The maximum Gasteiger partial charge on any atom is 0.416 e. The quantitative estimate of drug-likeness (QED) is 0.319. The maximum atomic E-state index is 11.9. The highest BCUT2D eigenvalue weighted by atomic mass is 19.4. The molecule has 0 amide bonds. The second-order valence-corrected chi connectivity index (χ2v) is 7.86. The molecule has 0 aliphatic heterocycles. The molecule has 0 spiro atoms. The number of halogens is 3. The first-order chi connectivity index (χ1) is 16.4. The lowest BCUT2D eigenvalue weighted by molar-refractivity contribution is -0.158. The van der Waals surface area contributed by atoms with Crippen molar-refractivity contribution >= 4 is 18.1 Å². The van der Waals surface area contributed by atoms with E-state index < -0.39 is 17.3 Å². The summed E-state index contributed by atoms with van der Waals surface area (Å²) in [5.74, 6) is 0.858. The predicted molar refractivity (Wildman–Crippen MR) is 132 cm³/mol. The van der Waals surface area contributed by atoms with Crippen molar-refractivity contribution in [2.75, 3.05) is 20.2 Å². The molecule has 0 heterocycles. The number of nitrogens with one attached hydrogen (secondary N) is 1. The topological polar surface area (TPSA) is 98.3 Å². The van der Waals surface area contributed by atoms with Crippen LogP contribution in [0.2, 0.25) is 0 Å². The molecule has 0 unspecified atom stereocenters. The number of aryl methyl sites for hydroxylation is 1. The van der Waals surface area contributed by atoms with E-state index in [1.165, 1.54) is 18.5 Å². The molecule has 0 saturated heterocycles. The highest BCUT2D eigenvalue weighted by Crippen LogP contribution is 2.28. The zero-order valence-electron chi connectivity index (χ0n) is 20.6. The van der Waals surface area contributed by atoms with Gasteiger partial charge < -0.3 is 20.5 Å². The van der Waals surface area contributed by atoms with Crippen molar-refractivity contribution in [3.05, 3.63) is 65.2 Å². The number of nitrogens with two attached hydrogens (primary N) is 1. The van der Waals surface area contributed by atoms with Crippen molar-refractivity contribution in [3.63, 3.8) is 0 Å². The first-order valence-corrected chi connectivity index (χ1v) is 10.9. The van der Waals surface area contributed by atoms with Gasteiger partial charge in [-0.15, -0.1) is 0 Å². The fourth-order valence-corrected chi connectivity index (χ4v) is 2.65. The van der Waals surface area contributed by atoms with Gasteiger partial charge in [-0.05, 0) is 57.5 Å². The number of ether oxygens (including phenoxy) is 2. The minimum atomic E-state index is -4.21. The summed E-state index contributed by atoms with van der Waals surface area (Å²) < 4.78 is 46.5. The van der Waals surface area contributed by atoms with E-state index in [-0.39, 0.29) is 5.97 Å². The summed E-state index contributed by atoms with van der Waals surface area (Å²) in [5.41, 5.74) is 5.53. The summed E-state index contributed by atoms with van der Waals surface area (Å²) >= 11 is 0. The molecule has 2 aromatic rings. The van der Waals surface area contributed by atoms with Crippen LogP contribution in [0.25, 0.3) is 0 Å². The molecule has 2 aromatic carbocycles. The Hall–Kier alpha value is -3.40. The van der Waals surface area contributed by atoms with Crippen LogP contribution in [-0.2, 0) is 22.3 Å². The Labute approximate surface area is 204 Å². The number of aliphatic imine (C=N–C) groups is 2. The van der Waals surface area contributed by atoms with Crippen molar-refractivity contribution in [3.8, 4) is 5.75 Å². The number of hydrogen-bond acceptors (Lipinski definition) is 5. The van der Waals surface area contributed by atoms with E-state index >= 15 is 0 Å². The van der Waals surface area contributed by atoms with Crippen LogP contribution in [0.15, 0.2) is 58.5 Å². The third kappa shape index (κ3) is 11.0. The normalized spacial score (nSPS) is 12.2. The minimum absolute atomic E-state index is 0.327. The molecule has 0 aliphatic carbocycles. The number of carbonyl (C=O) groups excluding carboxylic acids is 1. The molecular weight excluding hydrogens is 461 g/mol. The Kier molecular flexibility index (Phi) is 11.9. The molecule has 0 radical (unpaired) electrons. The van der Waals surface area contributed by atoms with Gasteiger partial charge in [-0.3, -0.25) is 4.99 Å². The van der Waals surface area contributed by atoms with E-state index in [1.807, 2.05) is 24.3 Å². The number of alkyl halides is 3. The van der Waals surface area contributed by atoms with Crippen molar-refractivity contribution in [1.29, 1.82) is 0 Å². The monoisotopic (exact) mass is 494 g/mol. The maximum absolute atomic E-state index is 11.9. The van der Waals surface area contributed by atoms with Gasteiger partial charge in [0.15, 0.2) is 5.60 Å². The molecule has 35 heavy (non-hydrogen) atoms. The van der Waals surface area contributed by atoms with Gasteiger partial charge >= 0.3 is 12.1 Å². The second-order valence-electron chi connectivity index (χ2n) is 7.86. The lowest BCUT2D eigenvalue weighted by atomic mass is 10.1. The molecule has 7 nitrogen and oxygen atoms in total. The zero-order valence-corrected chi connectivity index (χ0v) is 20.6. The summed E-state index contributed by atoms with van der Waals surface area (Å²) in [7, 11) is 1.67. The Morgan fingerprint density at radius 3 is 2.17 bits per heavy atom. The van der Waals surface area contributed by atoms with Crippen LogP contribution in [0.5, 0.6) is 5.75 Å². The zero-order chi connectivity index (χ0) is 26.5. The first kappa shape index (κ1) is 29.6. The first-order valence-electron chi connectivity index (χ1n) is 10.9. The molecule has 192 valence electrons. The Morgan fingerprint density at radius 1 is 1.09 bits per heavy atom. The molecule has 10 heteroatoms. The summed E-state index contributed by atoms with van der Waals surface area (Å²) in [6, 6.07) is 12.6. The molecular formula is C25H33F3N4O3. The molecule has 2 rings (SSSR count). The second kappa shape index (κ2) is 14.1. The fraction of sp³-hybridized carbons (Fsp3) is 0.400. The molecule has 0 aromatic heterocycles. The van der Waals surface area contributed by atoms with Gasteiger partial charge in [-0.1, -0.05) is 29.8 Å². The number of hydrogen-bond donors (Lipinski definition) is 2. The fourth-order valence-electron chi connectivity index (χ4n) is 2.65. The minimum Gasteiger partial charge on any atom is -0.476 e. The van der Waals surface area contributed by atoms with Gasteiger partial charge in [0.25, 0.3) is 0 Å². The van der Waals surface area contributed by atoms with Crippen LogP contribution in [-0.4, -0.2) is 43.9 Å². The standard InChI is InChI=1S/C17H26N4O3.C8H7F3/c1-5-23-16(22)17(2,3)24-14-8-6-13(7-9-14)10-20-11-15(19-4)21-12-18;1-6-2-4-7(5-3-6)8(9,10)11/h6-9,12,20H,5,10-11H2,1-4H3,(H2,18,19,21);2-5H,1H3. The summed E-state index contributed by atoms with van der Waals surface area (Å²) in [4.78, 5) is 19.8. The number of benzene rings is 2. The molecule has 0 aliphatic rings. The van der Waals surface area contributed by atoms with E-state index in [9.17, 15) is 18.0 Å². The van der Waals surface area contributed by atoms with Crippen LogP contribution in [0.1, 0.15) is 37.5 Å². The van der Waals surface area contributed by atoms with Gasteiger partial charge in [-0.25, -0.2) is 9.79 Å². The lowest BCUT2D eigenvalue weighted by Gasteiger charge is -2.24. The molecule has 0 fully saturated rings. The van der Waals surface area contributed by atoms with E-state index in [0.29, 0.717) is 31.3 Å². The van der Waals surface area contributed by atoms with Crippen molar-refractivity contribution < 1.29 is 27.4 Å².